The molecule has 0 fully saturated rings. The number of hydrogen-bond acceptors (Lipinski definition) is 2. The minimum absolute atomic E-state index is 0.0959. The third-order valence-electron chi connectivity index (χ3n) is 2.94. The van der Waals surface area contributed by atoms with Gasteiger partial charge in [-0.2, -0.15) is 0 Å². The van der Waals surface area contributed by atoms with Crippen LogP contribution in [0.25, 0.3) is 0 Å². The van der Waals surface area contributed by atoms with E-state index in [-0.39, 0.29) is 11.8 Å². The molecular formula is C16H14Cl2N2O2. The number of amides is 2. The van der Waals surface area contributed by atoms with Crippen LogP contribution in [0.3, 0.4) is 0 Å². The van der Waals surface area contributed by atoms with Crippen LogP contribution < -0.4 is 10.6 Å². The van der Waals surface area contributed by atoms with Gasteiger partial charge >= 0.3 is 0 Å². The Morgan fingerprint density at radius 2 is 1.68 bits per heavy atom. The molecule has 0 aliphatic carbocycles. The second-order valence-corrected chi connectivity index (χ2v) is 5.50. The van der Waals surface area contributed by atoms with Crippen LogP contribution in [-0.4, -0.2) is 11.8 Å². The number of rotatable bonds is 4. The van der Waals surface area contributed by atoms with Crippen molar-refractivity contribution in [1.29, 1.82) is 0 Å². The summed E-state index contributed by atoms with van der Waals surface area (Å²) in [7, 11) is 0. The van der Waals surface area contributed by atoms with Crippen molar-refractivity contribution in [1.82, 2.24) is 5.32 Å². The topological polar surface area (TPSA) is 58.2 Å². The number of halogens is 2. The van der Waals surface area contributed by atoms with Gasteiger partial charge in [-0.3, -0.25) is 9.59 Å². The number of carbonyl (C=O) groups is 2. The third kappa shape index (κ3) is 4.48. The van der Waals surface area contributed by atoms with Crippen molar-refractivity contribution in [2.24, 2.45) is 0 Å². The van der Waals surface area contributed by atoms with E-state index in [4.69, 9.17) is 23.2 Å². The first-order valence-corrected chi connectivity index (χ1v) is 7.31. The van der Waals surface area contributed by atoms with Crippen LogP contribution in [0.4, 0.5) is 5.69 Å². The fourth-order valence-corrected chi connectivity index (χ4v) is 2.08. The molecule has 0 atom stereocenters. The van der Waals surface area contributed by atoms with Gasteiger partial charge in [-0.25, -0.2) is 0 Å². The van der Waals surface area contributed by atoms with Crippen molar-refractivity contribution >= 4 is 40.7 Å². The van der Waals surface area contributed by atoms with Crippen LogP contribution in [0.2, 0.25) is 10.0 Å². The summed E-state index contributed by atoms with van der Waals surface area (Å²) >= 11 is 11.7. The molecule has 0 radical (unpaired) electrons. The molecule has 2 amide bonds. The Hall–Kier alpha value is -2.04. The quantitative estimate of drug-likeness (QED) is 0.889. The van der Waals surface area contributed by atoms with Crippen molar-refractivity contribution in [3.05, 3.63) is 63.6 Å². The van der Waals surface area contributed by atoms with Gasteiger partial charge in [-0.15, -0.1) is 0 Å². The summed E-state index contributed by atoms with van der Waals surface area (Å²) < 4.78 is 0. The molecule has 0 bridgehead atoms. The molecule has 0 unspecified atom stereocenters. The molecule has 114 valence electrons. The summed E-state index contributed by atoms with van der Waals surface area (Å²) in [5.74, 6) is -0.342. The molecule has 2 rings (SSSR count). The fourth-order valence-electron chi connectivity index (χ4n) is 1.78. The normalized spacial score (nSPS) is 10.1. The molecule has 0 spiro atoms. The molecule has 6 heteroatoms. The van der Waals surface area contributed by atoms with E-state index in [9.17, 15) is 9.59 Å². The van der Waals surface area contributed by atoms with Crippen LogP contribution in [-0.2, 0) is 11.3 Å². The van der Waals surface area contributed by atoms with Crippen molar-refractivity contribution in [3.8, 4) is 0 Å². The highest BCUT2D eigenvalue weighted by molar-refractivity contribution is 6.42. The SMILES string of the molecule is CC(=O)NCc1ccc(C(=O)Nc2ccc(Cl)c(Cl)c2)cc1. The third-order valence-corrected chi connectivity index (χ3v) is 3.67. The predicted molar refractivity (Wildman–Crippen MR) is 88.4 cm³/mol. The first-order valence-electron chi connectivity index (χ1n) is 6.55. The predicted octanol–water partition coefficient (Wildman–Crippen LogP) is 3.88. The number of benzene rings is 2. The number of anilines is 1. The summed E-state index contributed by atoms with van der Waals surface area (Å²) in [6.45, 7) is 1.89. The van der Waals surface area contributed by atoms with Gasteiger partial charge in [0.05, 0.1) is 10.0 Å². The first-order chi connectivity index (χ1) is 10.5. The van der Waals surface area contributed by atoms with Crippen LogP contribution in [0.15, 0.2) is 42.5 Å². The van der Waals surface area contributed by atoms with Gasteiger partial charge in [-0.05, 0) is 35.9 Å². The lowest BCUT2D eigenvalue weighted by molar-refractivity contribution is -0.119. The molecule has 0 aliphatic heterocycles. The maximum Gasteiger partial charge on any atom is 0.255 e. The van der Waals surface area contributed by atoms with E-state index in [1.54, 1.807) is 42.5 Å². The molecule has 0 saturated carbocycles. The fraction of sp³-hybridized carbons (Fsp3) is 0.125. The molecule has 2 aromatic rings. The average molecular weight is 337 g/mol. The summed E-state index contributed by atoms with van der Waals surface area (Å²) in [4.78, 5) is 23.0. The van der Waals surface area contributed by atoms with Crippen LogP contribution in [0.5, 0.6) is 0 Å². The summed E-state index contributed by atoms with van der Waals surface area (Å²) in [5.41, 5.74) is 2.00. The molecule has 0 heterocycles. The smallest absolute Gasteiger partial charge is 0.255 e. The molecule has 2 aromatic carbocycles. The Morgan fingerprint density at radius 1 is 1.00 bits per heavy atom. The second-order valence-electron chi connectivity index (χ2n) is 4.69. The zero-order chi connectivity index (χ0) is 16.1. The standard InChI is InChI=1S/C16H14Cl2N2O2/c1-10(21)19-9-11-2-4-12(5-3-11)16(22)20-13-6-7-14(17)15(18)8-13/h2-8H,9H2,1H3,(H,19,21)(H,20,22). The van der Waals surface area contributed by atoms with Crippen molar-refractivity contribution < 1.29 is 9.59 Å². The lowest BCUT2D eigenvalue weighted by Crippen LogP contribution is -2.19. The second kappa shape index (κ2) is 7.29. The largest absolute Gasteiger partial charge is 0.352 e. The maximum absolute atomic E-state index is 12.1. The zero-order valence-electron chi connectivity index (χ0n) is 11.8. The number of carbonyl (C=O) groups excluding carboxylic acids is 2. The van der Waals surface area contributed by atoms with E-state index in [0.717, 1.165) is 5.56 Å². The Balaban J connectivity index is 2.03. The molecule has 0 aliphatic rings. The summed E-state index contributed by atoms with van der Waals surface area (Å²) in [5, 5.41) is 6.25. The Labute approximate surface area is 138 Å². The van der Waals surface area contributed by atoms with E-state index >= 15 is 0 Å². The Morgan fingerprint density at radius 3 is 2.27 bits per heavy atom. The van der Waals surface area contributed by atoms with Gasteiger partial charge in [0, 0.05) is 24.7 Å². The summed E-state index contributed by atoms with van der Waals surface area (Å²) in [6, 6.07) is 11.9. The number of nitrogens with one attached hydrogen (secondary N) is 2. The van der Waals surface area contributed by atoms with E-state index in [1.165, 1.54) is 6.92 Å². The lowest BCUT2D eigenvalue weighted by atomic mass is 10.1. The highest BCUT2D eigenvalue weighted by Crippen LogP contribution is 2.25. The van der Waals surface area contributed by atoms with Crippen molar-refractivity contribution in [3.63, 3.8) is 0 Å². The molecule has 0 aromatic heterocycles. The molecule has 2 N–H and O–H groups in total. The minimum Gasteiger partial charge on any atom is -0.352 e. The number of hydrogen-bond donors (Lipinski definition) is 2. The maximum atomic E-state index is 12.1. The van der Waals surface area contributed by atoms with E-state index < -0.39 is 0 Å². The molecular weight excluding hydrogens is 323 g/mol. The van der Waals surface area contributed by atoms with Gasteiger partial charge in [0.2, 0.25) is 5.91 Å². The van der Waals surface area contributed by atoms with Crippen LogP contribution in [0, 0.1) is 0 Å². The van der Waals surface area contributed by atoms with Crippen LogP contribution >= 0.6 is 23.2 Å². The van der Waals surface area contributed by atoms with Gasteiger partial charge in [0.25, 0.3) is 5.91 Å². The minimum atomic E-state index is -0.246. The van der Waals surface area contributed by atoms with Gasteiger partial charge in [-0.1, -0.05) is 35.3 Å². The van der Waals surface area contributed by atoms with E-state index in [1.807, 2.05) is 0 Å². The van der Waals surface area contributed by atoms with Crippen molar-refractivity contribution in [2.45, 2.75) is 13.5 Å². The highest BCUT2D eigenvalue weighted by atomic mass is 35.5. The molecule has 0 saturated heterocycles. The van der Waals surface area contributed by atoms with Gasteiger partial charge in [0.15, 0.2) is 0 Å². The average Bonchev–Trinajstić information content (AvgIpc) is 2.49. The summed E-state index contributed by atoms with van der Waals surface area (Å²) in [6.07, 6.45) is 0. The zero-order valence-corrected chi connectivity index (χ0v) is 13.3. The van der Waals surface area contributed by atoms with Gasteiger partial charge in [0.1, 0.15) is 0 Å². The van der Waals surface area contributed by atoms with E-state index in [0.29, 0.717) is 27.8 Å². The van der Waals surface area contributed by atoms with Crippen molar-refractivity contribution in [2.75, 3.05) is 5.32 Å². The molecule has 4 nitrogen and oxygen atoms in total. The molecule has 22 heavy (non-hydrogen) atoms. The van der Waals surface area contributed by atoms with E-state index in [2.05, 4.69) is 10.6 Å². The Kier molecular flexibility index (Phi) is 5.41. The highest BCUT2D eigenvalue weighted by Gasteiger charge is 2.07. The van der Waals surface area contributed by atoms with Gasteiger partial charge < -0.3 is 10.6 Å². The Bertz CT molecular complexity index is 700. The van der Waals surface area contributed by atoms with Crippen LogP contribution in [0.1, 0.15) is 22.8 Å². The first kappa shape index (κ1) is 16.3. The lowest BCUT2D eigenvalue weighted by Gasteiger charge is -2.07. The monoisotopic (exact) mass is 336 g/mol.